The zero-order valence-electron chi connectivity index (χ0n) is 12.0. The molecular weight excluding hydrogens is 254 g/mol. The second kappa shape index (κ2) is 4.96. The van der Waals surface area contributed by atoms with Crippen molar-refractivity contribution < 1.29 is 9.59 Å². The summed E-state index contributed by atoms with van der Waals surface area (Å²) in [5, 5.41) is 3.08. The van der Waals surface area contributed by atoms with Crippen LogP contribution in [0.5, 0.6) is 0 Å². The van der Waals surface area contributed by atoms with Gasteiger partial charge in [-0.05, 0) is 38.7 Å². The first-order valence-corrected chi connectivity index (χ1v) is 7.30. The van der Waals surface area contributed by atoms with Gasteiger partial charge in [0.15, 0.2) is 0 Å². The van der Waals surface area contributed by atoms with E-state index in [1.165, 1.54) is 0 Å². The highest BCUT2D eigenvalue weighted by Gasteiger charge is 2.36. The van der Waals surface area contributed by atoms with Crippen LogP contribution in [0.15, 0.2) is 6.20 Å². The highest BCUT2D eigenvalue weighted by atomic mass is 16.2. The molecule has 2 heterocycles. The fourth-order valence-corrected chi connectivity index (χ4v) is 3.13. The van der Waals surface area contributed by atoms with Gasteiger partial charge in [0.05, 0.1) is 5.56 Å². The van der Waals surface area contributed by atoms with Crippen LogP contribution in [-0.4, -0.2) is 40.8 Å². The van der Waals surface area contributed by atoms with E-state index in [1.807, 2.05) is 24.9 Å². The molecule has 2 fully saturated rings. The Morgan fingerprint density at radius 1 is 1.30 bits per heavy atom. The molecule has 2 atom stereocenters. The number of nitrogens with one attached hydrogen (secondary N) is 2. The van der Waals surface area contributed by atoms with Crippen molar-refractivity contribution in [3.8, 4) is 0 Å². The fraction of sp³-hybridized carbons (Fsp3) is 0.600. The average molecular weight is 275 g/mol. The van der Waals surface area contributed by atoms with Gasteiger partial charge in [0.1, 0.15) is 0 Å². The largest absolute Gasteiger partial charge is 0.364 e. The van der Waals surface area contributed by atoms with E-state index in [0.29, 0.717) is 0 Å². The lowest BCUT2D eigenvalue weighted by Crippen LogP contribution is -2.34. The van der Waals surface area contributed by atoms with E-state index in [1.54, 1.807) is 0 Å². The maximum Gasteiger partial charge on any atom is 0.253 e. The zero-order chi connectivity index (χ0) is 14.3. The Bertz CT molecular complexity index is 526. The van der Waals surface area contributed by atoms with Gasteiger partial charge in [0, 0.05) is 36.9 Å². The van der Waals surface area contributed by atoms with Crippen LogP contribution in [0.25, 0.3) is 0 Å². The fourth-order valence-electron chi connectivity index (χ4n) is 3.13. The van der Waals surface area contributed by atoms with E-state index in [4.69, 9.17) is 0 Å². The van der Waals surface area contributed by atoms with Crippen molar-refractivity contribution in [2.45, 2.75) is 39.2 Å². The number of nitrogens with zero attached hydrogens (tertiary/aromatic N) is 1. The average Bonchev–Trinajstić information content (AvgIpc) is 3.07. The molecule has 2 amide bonds. The molecule has 0 bridgehead atoms. The number of amides is 2. The number of carbonyl (C=O) groups is 2. The molecule has 5 heteroatoms. The SMILES string of the molecule is Cc1c[nH]c(C)c1C(=O)N[C@@H]1CC[C@H](C(=O)N2CC2)C1. The third-order valence-electron chi connectivity index (χ3n) is 4.38. The molecule has 1 aliphatic heterocycles. The quantitative estimate of drug-likeness (QED) is 0.818. The van der Waals surface area contributed by atoms with Gasteiger partial charge >= 0.3 is 0 Å². The molecule has 108 valence electrons. The van der Waals surface area contributed by atoms with Gasteiger partial charge in [-0.2, -0.15) is 0 Å². The van der Waals surface area contributed by atoms with E-state index >= 15 is 0 Å². The Labute approximate surface area is 118 Å². The van der Waals surface area contributed by atoms with Gasteiger partial charge in [-0.15, -0.1) is 0 Å². The lowest BCUT2D eigenvalue weighted by molar-refractivity contribution is -0.129. The van der Waals surface area contributed by atoms with Crippen molar-refractivity contribution >= 4 is 11.8 Å². The summed E-state index contributed by atoms with van der Waals surface area (Å²) in [4.78, 5) is 29.2. The Balaban J connectivity index is 1.59. The molecule has 20 heavy (non-hydrogen) atoms. The van der Waals surface area contributed by atoms with Crippen LogP contribution >= 0.6 is 0 Å². The van der Waals surface area contributed by atoms with Crippen molar-refractivity contribution in [2.75, 3.05) is 13.1 Å². The summed E-state index contributed by atoms with van der Waals surface area (Å²) in [5.74, 6) is 0.359. The van der Waals surface area contributed by atoms with Gasteiger partial charge < -0.3 is 15.2 Å². The summed E-state index contributed by atoms with van der Waals surface area (Å²) in [6.45, 7) is 5.66. The van der Waals surface area contributed by atoms with Gasteiger partial charge in [-0.3, -0.25) is 9.59 Å². The second-order valence-electron chi connectivity index (χ2n) is 5.98. The highest BCUT2D eigenvalue weighted by Crippen LogP contribution is 2.29. The molecule has 0 unspecified atom stereocenters. The molecule has 2 aliphatic rings. The summed E-state index contributed by atoms with van der Waals surface area (Å²) in [6, 6.07) is 0.130. The molecule has 5 nitrogen and oxygen atoms in total. The first-order chi connectivity index (χ1) is 9.56. The maximum absolute atomic E-state index is 12.3. The third kappa shape index (κ3) is 2.44. The van der Waals surface area contributed by atoms with Gasteiger partial charge in [-0.1, -0.05) is 0 Å². The number of aromatic nitrogens is 1. The number of aryl methyl sites for hydroxylation is 2. The minimum atomic E-state index is -0.0222. The lowest BCUT2D eigenvalue weighted by atomic mass is 10.1. The number of aromatic amines is 1. The van der Waals surface area contributed by atoms with Crippen molar-refractivity contribution in [1.82, 2.24) is 15.2 Å². The van der Waals surface area contributed by atoms with Crippen LogP contribution in [0.3, 0.4) is 0 Å². The number of hydrogen-bond acceptors (Lipinski definition) is 2. The summed E-state index contributed by atoms with van der Waals surface area (Å²) in [7, 11) is 0. The van der Waals surface area contributed by atoms with Crippen molar-refractivity contribution in [3.63, 3.8) is 0 Å². The summed E-state index contributed by atoms with van der Waals surface area (Å²) in [6.07, 6.45) is 4.43. The number of H-pyrrole nitrogens is 1. The van der Waals surface area contributed by atoms with Crippen LogP contribution in [0.4, 0.5) is 0 Å². The third-order valence-corrected chi connectivity index (χ3v) is 4.38. The monoisotopic (exact) mass is 275 g/mol. The molecule has 0 aromatic carbocycles. The highest BCUT2D eigenvalue weighted by molar-refractivity contribution is 5.97. The smallest absolute Gasteiger partial charge is 0.253 e. The molecule has 1 aromatic rings. The number of rotatable bonds is 3. The summed E-state index contributed by atoms with van der Waals surface area (Å²) >= 11 is 0. The second-order valence-corrected chi connectivity index (χ2v) is 5.98. The van der Waals surface area contributed by atoms with Gasteiger partial charge in [-0.25, -0.2) is 0 Å². The number of hydrogen-bond donors (Lipinski definition) is 2. The first-order valence-electron chi connectivity index (χ1n) is 7.30. The Morgan fingerprint density at radius 2 is 2.05 bits per heavy atom. The predicted octanol–water partition coefficient (Wildman–Crippen LogP) is 1.37. The van der Waals surface area contributed by atoms with Crippen LogP contribution in [-0.2, 0) is 4.79 Å². The van der Waals surface area contributed by atoms with Crippen LogP contribution in [0.2, 0.25) is 0 Å². The van der Waals surface area contributed by atoms with Gasteiger partial charge in [0.25, 0.3) is 5.91 Å². The molecule has 1 saturated carbocycles. The topological polar surface area (TPSA) is 65.0 Å². The van der Waals surface area contributed by atoms with E-state index < -0.39 is 0 Å². The molecule has 0 radical (unpaired) electrons. The Kier molecular flexibility index (Phi) is 3.28. The minimum Gasteiger partial charge on any atom is -0.364 e. The molecule has 0 spiro atoms. The van der Waals surface area contributed by atoms with E-state index in [-0.39, 0.29) is 23.8 Å². The van der Waals surface area contributed by atoms with Gasteiger partial charge in [0.2, 0.25) is 5.91 Å². The predicted molar refractivity (Wildman–Crippen MR) is 75.4 cm³/mol. The lowest BCUT2D eigenvalue weighted by Gasteiger charge is -2.14. The Hall–Kier alpha value is -1.78. The van der Waals surface area contributed by atoms with Crippen LogP contribution in [0.1, 0.15) is 40.9 Å². The van der Waals surface area contributed by atoms with E-state index in [0.717, 1.165) is 49.2 Å². The molecule has 1 saturated heterocycles. The van der Waals surface area contributed by atoms with Crippen molar-refractivity contribution in [3.05, 3.63) is 23.0 Å². The zero-order valence-corrected chi connectivity index (χ0v) is 12.0. The van der Waals surface area contributed by atoms with Crippen LogP contribution in [0, 0.1) is 19.8 Å². The van der Waals surface area contributed by atoms with E-state index in [2.05, 4.69) is 10.3 Å². The standard InChI is InChI=1S/C15H21N3O2/c1-9-8-16-10(2)13(9)14(19)17-12-4-3-11(7-12)15(20)18-5-6-18/h8,11-12,16H,3-7H2,1-2H3,(H,17,19)/t11-,12+/m0/s1. The molecule has 1 aliphatic carbocycles. The van der Waals surface area contributed by atoms with Crippen molar-refractivity contribution in [1.29, 1.82) is 0 Å². The normalized spacial score (nSPS) is 24.8. The number of carbonyl (C=O) groups excluding carboxylic acids is 2. The molecule has 2 N–H and O–H groups in total. The molecular formula is C15H21N3O2. The van der Waals surface area contributed by atoms with Crippen LogP contribution < -0.4 is 5.32 Å². The summed E-state index contributed by atoms with van der Waals surface area (Å²) in [5.41, 5.74) is 2.61. The molecule has 3 rings (SSSR count). The van der Waals surface area contributed by atoms with Crippen molar-refractivity contribution in [2.24, 2.45) is 5.92 Å². The minimum absolute atomic E-state index is 0.0222. The molecule has 1 aromatic heterocycles. The Morgan fingerprint density at radius 3 is 2.65 bits per heavy atom. The first kappa shape index (κ1) is 13.2. The summed E-state index contributed by atoms with van der Waals surface area (Å²) < 4.78 is 0. The van der Waals surface area contributed by atoms with E-state index in [9.17, 15) is 9.59 Å². The maximum atomic E-state index is 12.3.